The summed E-state index contributed by atoms with van der Waals surface area (Å²) in [6.45, 7) is 0. The van der Waals surface area contributed by atoms with Gasteiger partial charge in [-0.2, -0.15) is 0 Å². The van der Waals surface area contributed by atoms with Crippen molar-refractivity contribution < 1.29 is 9.47 Å². The summed E-state index contributed by atoms with van der Waals surface area (Å²) < 4.78 is 14.0. The van der Waals surface area contributed by atoms with Crippen LogP contribution in [0.5, 0.6) is 0 Å². The normalized spacial score (nSPS) is 25.4. The van der Waals surface area contributed by atoms with Crippen LogP contribution < -0.4 is 0 Å². The Kier molecular flexibility index (Phi) is 7.14. The summed E-state index contributed by atoms with van der Waals surface area (Å²) in [6.07, 6.45) is 6.09. The van der Waals surface area contributed by atoms with Crippen molar-refractivity contribution in [1.29, 1.82) is 0 Å². The fourth-order valence-electron chi connectivity index (χ4n) is 6.73. The molecule has 0 spiro atoms. The van der Waals surface area contributed by atoms with Gasteiger partial charge in [0.05, 0.1) is 0 Å². The quantitative estimate of drug-likeness (QED) is 0.229. The van der Waals surface area contributed by atoms with Crippen LogP contribution in [0.1, 0.15) is 85.1 Å². The van der Waals surface area contributed by atoms with E-state index in [1.165, 1.54) is 24.0 Å². The van der Waals surface area contributed by atoms with Crippen LogP contribution in [-0.4, -0.2) is 11.8 Å². The van der Waals surface area contributed by atoms with Crippen LogP contribution in [0.25, 0.3) is 0 Å². The van der Waals surface area contributed by atoms with Gasteiger partial charge < -0.3 is 9.47 Å². The van der Waals surface area contributed by atoms with Gasteiger partial charge in [0, 0.05) is 0 Å². The van der Waals surface area contributed by atoms with Crippen LogP contribution in [0.4, 0.5) is 0 Å². The zero-order valence-corrected chi connectivity index (χ0v) is 23.3. The maximum Gasteiger partial charge on any atom is 0.200 e. The second kappa shape index (κ2) is 11.4. The largest absolute Gasteiger partial charge is 0.469 e. The van der Waals surface area contributed by atoms with Gasteiger partial charge in [0.2, 0.25) is 11.8 Å². The fourth-order valence-corrected chi connectivity index (χ4v) is 6.73. The van der Waals surface area contributed by atoms with Crippen LogP contribution >= 0.6 is 0 Å². The molecule has 4 aromatic rings. The zero-order chi connectivity index (χ0) is 27.5. The number of rotatable bonds is 6. The first kappa shape index (κ1) is 25.8. The molecule has 2 heterocycles. The van der Waals surface area contributed by atoms with Crippen molar-refractivity contribution in [3.8, 4) is 0 Å². The highest BCUT2D eigenvalue weighted by Gasteiger charge is 2.52. The molecule has 0 amide bonds. The lowest BCUT2D eigenvalue weighted by atomic mass is 9.79. The summed E-state index contributed by atoms with van der Waals surface area (Å²) >= 11 is 0. The van der Waals surface area contributed by atoms with Gasteiger partial charge in [-0.05, 0) is 35.1 Å². The standard InChI is InChI=1S/C37H36N2O2/c1-2-16-26-37(25-15-1,35-38-31(27-17-7-3-8-18-27)33(40-35)29-21-11-5-12-22-29)36-39-32(28-19-9-4-10-20-28)34(41-36)30-23-13-6-14-24-30/h3-14,17-24,31-34H,1-2,15-16,25-26H2/t31-,32-,33+,34+/m1/s1. The maximum absolute atomic E-state index is 7.00. The molecule has 7 rings (SSSR count). The molecule has 4 nitrogen and oxygen atoms in total. The average Bonchev–Trinajstić information content (AvgIpc) is 3.63. The number of nitrogens with zero attached hydrogens (tertiary/aromatic N) is 2. The van der Waals surface area contributed by atoms with Crippen molar-refractivity contribution in [3.63, 3.8) is 0 Å². The summed E-state index contributed by atoms with van der Waals surface area (Å²) in [5, 5.41) is 0. The SMILES string of the molecule is c1ccc([C@H]2N=C(C3(C4=N[C@H](c5ccccc5)[C@H](c5ccccc5)O4)CCCCCC3)O[C@H]2c2ccccc2)cc1. The summed E-state index contributed by atoms with van der Waals surface area (Å²) in [5.74, 6) is 1.59. The van der Waals surface area contributed by atoms with Gasteiger partial charge in [-0.1, -0.05) is 147 Å². The first-order valence-corrected chi connectivity index (χ1v) is 15.0. The Labute approximate surface area is 242 Å². The molecule has 0 radical (unpaired) electrons. The Morgan fingerprint density at radius 3 is 1.15 bits per heavy atom. The molecule has 0 saturated heterocycles. The van der Waals surface area contributed by atoms with Gasteiger partial charge in [-0.15, -0.1) is 0 Å². The minimum absolute atomic E-state index is 0.120. The lowest BCUT2D eigenvalue weighted by molar-refractivity contribution is 0.150. The van der Waals surface area contributed by atoms with Crippen molar-refractivity contribution in [2.24, 2.45) is 15.4 Å². The van der Waals surface area contributed by atoms with Gasteiger partial charge in [0.1, 0.15) is 17.5 Å². The molecule has 0 aromatic heterocycles. The van der Waals surface area contributed by atoms with Crippen LogP contribution in [-0.2, 0) is 9.47 Å². The monoisotopic (exact) mass is 540 g/mol. The zero-order valence-electron chi connectivity index (χ0n) is 23.3. The first-order valence-electron chi connectivity index (χ1n) is 15.0. The highest BCUT2D eigenvalue weighted by molar-refractivity contribution is 6.06. The topological polar surface area (TPSA) is 43.2 Å². The number of hydrogen-bond acceptors (Lipinski definition) is 4. The fraction of sp³-hybridized carbons (Fsp3) is 0.297. The third-order valence-corrected chi connectivity index (χ3v) is 8.88. The minimum Gasteiger partial charge on any atom is -0.469 e. The smallest absolute Gasteiger partial charge is 0.200 e. The molecule has 0 unspecified atom stereocenters. The molecule has 3 aliphatic rings. The molecule has 206 valence electrons. The summed E-state index contributed by atoms with van der Waals surface area (Å²) in [4.78, 5) is 10.9. The van der Waals surface area contributed by atoms with Crippen molar-refractivity contribution >= 4 is 11.8 Å². The van der Waals surface area contributed by atoms with Crippen LogP contribution in [0.2, 0.25) is 0 Å². The van der Waals surface area contributed by atoms with Crippen LogP contribution in [0, 0.1) is 5.41 Å². The van der Waals surface area contributed by atoms with E-state index in [2.05, 4.69) is 121 Å². The van der Waals surface area contributed by atoms with Gasteiger partial charge in [-0.25, -0.2) is 9.98 Å². The molecule has 1 aliphatic carbocycles. The molecule has 4 aromatic carbocycles. The Morgan fingerprint density at radius 2 is 0.780 bits per heavy atom. The van der Waals surface area contributed by atoms with Crippen LogP contribution in [0.15, 0.2) is 131 Å². The second-order valence-electron chi connectivity index (χ2n) is 11.5. The highest BCUT2D eigenvalue weighted by Crippen LogP contribution is 2.52. The molecule has 0 N–H and O–H groups in total. The van der Waals surface area contributed by atoms with Gasteiger partial charge in [-0.3, -0.25) is 0 Å². The van der Waals surface area contributed by atoms with Crippen molar-refractivity contribution in [1.82, 2.24) is 0 Å². The first-order chi connectivity index (χ1) is 20.3. The van der Waals surface area contributed by atoms with E-state index in [0.29, 0.717) is 0 Å². The third-order valence-electron chi connectivity index (χ3n) is 8.88. The van der Waals surface area contributed by atoms with E-state index in [9.17, 15) is 0 Å². The van der Waals surface area contributed by atoms with Crippen LogP contribution in [0.3, 0.4) is 0 Å². The molecule has 4 atom stereocenters. The lowest BCUT2D eigenvalue weighted by Gasteiger charge is -2.32. The molecule has 1 fully saturated rings. The molecule has 41 heavy (non-hydrogen) atoms. The van der Waals surface area contributed by atoms with Crippen molar-refractivity contribution in [3.05, 3.63) is 144 Å². The summed E-state index contributed by atoms with van der Waals surface area (Å²) in [5.41, 5.74) is 4.13. The predicted molar refractivity (Wildman–Crippen MR) is 164 cm³/mol. The number of benzene rings is 4. The average molecular weight is 541 g/mol. The Balaban J connectivity index is 1.33. The van der Waals surface area contributed by atoms with E-state index in [4.69, 9.17) is 19.5 Å². The molecule has 0 bridgehead atoms. The summed E-state index contributed by atoms with van der Waals surface area (Å²) in [7, 11) is 0. The maximum atomic E-state index is 7.00. The van der Waals surface area contributed by atoms with E-state index in [1.54, 1.807) is 0 Å². The van der Waals surface area contributed by atoms with Gasteiger partial charge in [0.25, 0.3) is 0 Å². The predicted octanol–water partition coefficient (Wildman–Crippen LogP) is 9.15. The summed E-state index contributed by atoms with van der Waals surface area (Å²) in [6, 6.07) is 41.9. The highest BCUT2D eigenvalue weighted by atomic mass is 16.5. The molecule has 1 saturated carbocycles. The number of hydrogen-bond donors (Lipinski definition) is 0. The number of aliphatic imine (C=N–C) groups is 2. The van der Waals surface area contributed by atoms with E-state index < -0.39 is 5.41 Å². The molecule has 4 heteroatoms. The number of ether oxygens (including phenoxy) is 2. The minimum atomic E-state index is -0.483. The molecule has 2 aliphatic heterocycles. The van der Waals surface area contributed by atoms with Crippen molar-refractivity contribution in [2.75, 3.05) is 0 Å². The van der Waals surface area contributed by atoms with E-state index in [-0.39, 0.29) is 24.3 Å². The van der Waals surface area contributed by atoms with Gasteiger partial charge in [0.15, 0.2) is 12.2 Å². The van der Waals surface area contributed by atoms with E-state index in [0.717, 1.165) is 48.6 Å². The molecular weight excluding hydrogens is 504 g/mol. The lowest BCUT2D eigenvalue weighted by Crippen LogP contribution is -2.40. The third kappa shape index (κ3) is 4.97. The van der Waals surface area contributed by atoms with Crippen molar-refractivity contribution in [2.45, 2.75) is 62.8 Å². The Morgan fingerprint density at radius 1 is 0.439 bits per heavy atom. The Hall–Kier alpha value is -4.18. The Bertz CT molecular complexity index is 1390. The second-order valence-corrected chi connectivity index (χ2v) is 11.5. The van der Waals surface area contributed by atoms with Gasteiger partial charge >= 0.3 is 0 Å². The van der Waals surface area contributed by atoms with E-state index >= 15 is 0 Å². The van der Waals surface area contributed by atoms with E-state index in [1.807, 2.05) is 0 Å². The molecular formula is C37H36N2O2.